The molecule has 2 aromatic carbocycles. The van der Waals surface area contributed by atoms with Crippen LogP contribution >= 0.6 is 11.6 Å². The number of hydrogen-bond acceptors (Lipinski definition) is 5. The van der Waals surface area contributed by atoms with Crippen molar-refractivity contribution in [3.63, 3.8) is 0 Å². The van der Waals surface area contributed by atoms with Crippen molar-refractivity contribution in [3.8, 4) is 28.5 Å². The normalized spacial score (nSPS) is 10.2. The van der Waals surface area contributed by atoms with Crippen LogP contribution in [0.3, 0.4) is 0 Å². The molecule has 0 saturated carbocycles. The van der Waals surface area contributed by atoms with Gasteiger partial charge in [0.05, 0.1) is 10.6 Å². The number of nitrogens with zero attached hydrogens (tertiary/aromatic N) is 3. The second-order valence-corrected chi connectivity index (χ2v) is 5.68. The Morgan fingerprint density at radius 2 is 1.84 bits per heavy atom. The lowest BCUT2D eigenvalue weighted by Gasteiger charge is -2.10. The molecule has 0 fully saturated rings. The van der Waals surface area contributed by atoms with Gasteiger partial charge in [-0.05, 0) is 35.9 Å². The van der Waals surface area contributed by atoms with Crippen molar-refractivity contribution in [1.29, 1.82) is 5.26 Å². The molecule has 122 valence electrons. The number of anilines is 1. The van der Waals surface area contributed by atoms with Crippen molar-refractivity contribution in [2.75, 3.05) is 5.73 Å². The third-order valence-electron chi connectivity index (χ3n) is 3.67. The van der Waals surface area contributed by atoms with Crippen LogP contribution in [0.1, 0.15) is 5.56 Å². The Labute approximate surface area is 148 Å². The highest BCUT2D eigenvalue weighted by molar-refractivity contribution is 6.30. The van der Waals surface area contributed by atoms with Gasteiger partial charge in [0.25, 0.3) is 5.69 Å². The number of pyridine rings is 1. The third-order valence-corrected chi connectivity index (χ3v) is 3.90. The second kappa shape index (κ2) is 6.59. The number of nitro benzene ring substituents is 1. The van der Waals surface area contributed by atoms with Gasteiger partial charge in [0.2, 0.25) is 0 Å². The summed E-state index contributed by atoms with van der Waals surface area (Å²) in [6.45, 7) is 0. The van der Waals surface area contributed by atoms with Crippen molar-refractivity contribution in [3.05, 3.63) is 75.3 Å². The molecule has 0 aliphatic heterocycles. The number of hydrogen-bond donors (Lipinski definition) is 1. The standard InChI is InChI=1S/C18H11ClN4O2/c19-13-3-1-2-12(8-13)15-9-17(22-18(21)16(15)10-20)11-4-6-14(7-5-11)23(24)25/h1-9H,(H2,21,22). The molecule has 1 aromatic heterocycles. The lowest BCUT2D eigenvalue weighted by Crippen LogP contribution is -2.00. The molecule has 3 rings (SSSR count). The van der Waals surface area contributed by atoms with E-state index in [4.69, 9.17) is 17.3 Å². The number of nitrogens with two attached hydrogens (primary N) is 1. The molecule has 0 spiro atoms. The molecule has 1 heterocycles. The van der Waals surface area contributed by atoms with Crippen molar-refractivity contribution in [1.82, 2.24) is 4.98 Å². The van der Waals surface area contributed by atoms with Crippen molar-refractivity contribution < 1.29 is 4.92 Å². The molecule has 25 heavy (non-hydrogen) atoms. The van der Waals surface area contributed by atoms with Crippen LogP contribution in [-0.4, -0.2) is 9.91 Å². The number of nitro groups is 1. The van der Waals surface area contributed by atoms with Gasteiger partial charge in [-0.1, -0.05) is 23.7 Å². The van der Waals surface area contributed by atoms with Crippen LogP contribution in [0.2, 0.25) is 5.02 Å². The number of benzene rings is 2. The van der Waals surface area contributed by atoms with E-state index >= 15 is 0 Å². The van der Waals surface area contributed by atoms with E-state index in [0.717, 1.165) is 5.56 Å². The molecular formula is C18H11ClN4O2. The molecule has 0 amide bonds. The quantitative estimate of drug-likeness (QED) is 0.555. The first-order valence-electron chi connectivity index (χ1n) is 7.21. The fraction of sp³-hybridized carbons (Fsp3) is 0. The molecule has 2 N–H and O–H groups in total. The van der Waals surface area contributed by atoms with E-state index in [1.54, 1.807) is 36.4 Å². The minimum Gasteiger partial charge on any atom is -0.383 e. The molecule has 0 unspecified atom stereocenters. The Balaban J connectivity index is 2.17. The van der Waals surface area contributed by atoms with E-state index in [-0.39, 0.29) is 17.1 Å². The molecular weight excluding hydrogens is 340 g/mol. The van der Waals surface area contributed by atoms with Crippen LogP contribution in [0.4, 0.5) is 11.5 Å². The SMILES string of the molecule is N#Cc1c(-c2cccc(Cl)c2)cc(-c2ccc([N+](=O)[O-])cc2)nc1N. The zero-order valence-corrected chi connectivity index (χ0v) is 13.6. The van der Waals surface area contributed by atoms with Gasteiger partial charge in [-0.3, -0.25) is 10.1 Å². The Bertz CT molecular complexity index is 1010. The van der Waals surface area contributed by atoms with E-state index in [0.29, 0.717) is 21.8 Å². The van der Waals surface area contributed by atoms with Gasteiger partial charge < -0.3 is 5.73 Å². The predicted octanol–water partition coefficient (Wildman–Crippen LogP) is 4.43. The number of rotatable bonds is 3. The van der Waals surface area contributed by atoms with E-state index < -0.39 is 4.92 Å². The van der Waals surface area contributed by atoms with E-state index in [9.17, 15) is 15.4 Å². The molecule has 0 saturated heterocycles. The summed E-state index contributed by atoms with van der Waals surface area (Å²) < 4.78 is 0. The molecule has 0 bridgehead atoms. The Morgan fingerprint density at radius 1 is 1.12 bits per heavy atom. The van der Waals surface area contributed by atoms with Crippen LogP contribution in [0.25, 0.3) is 22.4 Å². The smallest absolute Gasteiger partial charge is 0.269 e. The monoisotopic (exact) mass is 350 g/mol. The predicted molar refractivity (Wildman–Crippen MR) is 95.9 cm³/mol. The molecule has 7 heteroatoms. The Kier molecular flexibility index (Phi) is 4.33. The molecule has 0 atom stereocenters. The zero-order chi connectivity index (χ0) is 18.0. The number of nitriles is 1. The minimum atomic E-state index is -0.470. The first-order valence-corrected chi connectivity index (χ1v) is 7.59. The summed E-state index contributed by atoms with van der Waals surface area (Å²) in [6.07, 6.45) is 0. The molecule has 0 radical (unpaired) electrons. The van der Waals surface area contributed by atoms with Crippen LogP contribution < -0.4 is 5.73 Å². The van der Waals surface area contributed by atoms with Crippen LogP contribution in [0, 0.1) is 21.4 Å². The van der Waals surface area contributed by atoms with Gasteiger partial charge in [0.1, 0.15) is 17.5 Å². The second-order valence-electron chi connectivity index (χ2n) is 5.24. The number of nitrogen functional groups attached to an aromatic ring is 1. The fourth-order valence-electron chi connectivity index (χ4n) is 2.47. The molecule has 3 aromatic rings. The summed E-state index contributed by atoms with van der Waals surface area (Å²) in [5.41, 5.74) is 8.71. The van der Waals surface area contributed by atoms with Crippen LogP contribution in [0.5, 0.6) is 0 Å². The van der Waals surface area contributed by atoms with Gasteiger partial charge in [0.15, 0.2) is 0 Å². The average Bonchev–Trinajstić information content (AvgIpc) is 2.61. The number of non-ortho nitro benzene ring substituents is 1. The Morgan fingerprint density at radius 3 is 2.44 bits per heavy atom. The highest BCUT2D eigenvalue weighted by Gasteiger charge is 2.14. The summed E-state index contributed by atoms with van der Waals surface area (Å²) in [6, 6.07) is 16.8. The fourth-order valence-corrected chi connectivity index (χ4v) is 2.66. The van der Waals surface area contributed by atoms with Crippen LogP contribution in [-0.2, 0) is 0 Å². The Hall–Kier alpha value is -3.43. The van der Waals surface area contributed by atoms with Gasteiger partial charge >= 0.3 is 0 Å². The molecule has 0 aliphatic rings. The summed E-state index contributed by atoms with van der Waals surface area (Å²) in [7, 11) is 0. The summed E-state index contributed by atoms with van der Waals surface area (Å²) in [5.74, 6) is 0.0910. The maximum atomic E-state index is 10.8. The first-order chi connectivity index (χ1) is 12.0. The van der Waals surface area contributed by atoms with Gasteiger partial charge in [-0.15, -0.1) is 0 Å². The highest BCUT2D eigenvalue weighted by Crippen LogP contribution is 2.32. The van der Waals surface area contributed by atoms with E-state index in [1.165, 1.54) is 12.1 Å². The summed E-state index contributed by atoms with van der Waals surface area (Å²) >= 11 is 6.04. The summed E-state index contributed by atoms with van der Waals surface area (Å²) in [5, 5.41) is 20.7. The average molecular weight is 351 g/mol. The minimum absolute atomic E-state index is 0.0135. The van der Waals surface area contributed by atoms with Gasteiger partial charge in [0, 0.05) is 28.3 Å². The topological polar surface area (TPSA) is 106 Å². The van der Waals surface area contributed by atoms with E-state index in [1.807, 2.05) is 6.07 Å². The van der Waals surface area contributed by atoms with Crippen molar-refractivity contribution in [2.24, 2.45) is 0 Å². The van der Waals surface area contributed by atoms with Crippen molar-refractivity contribution in [2.45, 2.75) is 0 Å². The number of halogens is 1. The maximum absolute atomic E-state index is 10.8. The third kappa shape index (κ3) is 3.27. The van der Waals surface area contributed by atoms with Gasteiger partial charge in [-0.2, -0.15) is 5.26 Å². The summed E-state index contributed by atoms with van der Waals surface area (Å²) in [4.78, 5) is 14.6. The largest absolute Gasteiger partial charge is 0.383 e. The molecule has 6 nitrogen and oxygen atoms in total. The highest BCUT2D eigenvalue weighted by atomic mass is 35.5. The first kappa shape index (κ1) is 16.4. The maximum Gasteiger partial charge on any atom is 0.269 e. The molecule has 0 aliphatic carbocycles. The van der Waals surface area contributed by atoms with Gasteiger partial charge in [-0.25, -0.2) is 4.98 Å². The van der Waals surface area contributed by atoms with E-state index in [2.05, 4.69) is 11.1 Å². The lowest BCUT2D eigenvalue weighted by atomic mass is 9.98. The zero-order valence-electron chi connectivity index (χ0n) is 12.8. The number of aromatic nitrogens is 1. The van der Waals surface area contributed by atoms with Crippen molar-refractivity contribution >= 4 is 23.1 Å². The van der Waals surface area contributed by atoms with Crippen LogP contribution in [0.15, 0.2) is 54.6 Å². The lowest BCUT2D eigenvalue weighted by molar-refractivity contribution is -0.384.